The van der Waals surface area contributed by atoms with Gasteiger partial charge in [0.05, 0.1) is 10.6 Å². The van der Waals surface area contributed by atoms with Gasteiger partial charge in [-0.25, -0.2) is 12.8 Å². The van der Waals surface area contributed by atoms with Gasteiger partial charge < -0.3 is 10.2 Å². The van der Waals surface area contributed by atoms with Gasteiger partial charge in [0.2, 0.25) is 11.8 Å². The molecule has 0 radical (unpaired) electrons. The Labute approximate surface area is 231 Å². The summed E-state index contributed by atoms with van der Waals surface area (Å²) in [6.07, 6.45) is 0.700. The van der Waals surface area contributed by atoms with E-state index < -0.39 is 40.2 Å². The van der Waals surface area contributed by atoms with Gasteiger partial charge in [-0.05, 0) is 62.7 Å². The lowest BCUT2D eigenvalue weighted by Gasteiger charge is -2.32. The Hall–Kier alpha value is -3.24. The molecule has 0 aromatic heterocycles. The monoisotopic (exact) mass is 603 g/mol. The van der Waals surface area contributed by atoms with Crippen molar-refractivity contribution in [2.75, 3.05) is 17.4 Å². The Morgan fingerprint density at radius 1 is 1.00 bits per heavy atom. The second-order valence-corrected chi connectivity index (χ2v) is 11.7. The van der Waals surface area contributed by atoms with E-state index in [1.807, 2.05) is 13.8 Å². The SMILES string of the molecule is CCCNC(=O)C(C)N(Cc1ccccc1F)C(=O)CN(c1ccc(Br)cc1)S(=O)(=O)c1ccc(C)cc1. The smallest absolute Gasteiger partial charge is 0.264 e. The van der Waals surface area contributed by atoms with E-state index in [2.05, 4.69) is 21.2 Å². The zero-order valence-corrected chi connectivity index (χ0v) is 23.9. The summed E-state index contributed by atoms with van der Waals surface area (Å²) >= 11 is 3.35. The van der Waals surface area contributed by atoms with Crippen molar-refractivity contribution in [3.63, 3.8) is 0 Å². The second kappa shape index (κ2) is 13.0. The number of amides is 2. The fourth-order valence-corrected chi connectivity index (χ4v) is 5.44. The van der Waals surface area contributed by atoms with Crippen LogP contribution >= 0.6 is 15.9 Å². The predicted molar refractivity (Wildman–Crippen MR) is 150 cm³/mol. The Morgan fingerprint density at radius 3 is 2.24 bits per heavy atom. The number of carbonyl (C=O) groups is 2. The zero-order chi connectivity index (χ0) is 27.9. The number of halogens is 2. The number of sulfonamides is 1. The van der Waals surface area contributed by atoms with Gasteiger partial charge in [0.25, 0.3) is 10.0 Å². The van der Waals surface area contributed by atoms with E-state index >= 15 is 0 Å². The first-order valence-electron chi connectivity index (χ1n) is 12.2. The number of nitrogens with zero attached hydrogens (tertiary/aromatic N) is 2. The minimum atomic E-state index is -4.16. The van der Waals surface area contributed by atoms with Crippen LogP contribution in [-0.4, -0.2) is 44.3 Å². The molecule has 0 aliphatic rings. The molecule has 3 aromatic carbocycles. The average molecular weight is 605 g/mol. The summed E-state index contributed by atoms with van der Waals surface area (Å²) in [7, 11) is -4.16. The topological polar surface area (TPSA) is 86.8 Å². The molecule has 1 unspecified atom stereocenters. The van der Waals surface area contributed by atoms with Crippen LogP contribution in [0.15, 0.2) is 82.2 Å². The molecule has 0 spiro atoms. The molecule has 0 aliphatic heterocycles. The molecule has 0 saturated carbocycles. The van der Waals surface area contributed by atoms with Crippen molar-refractivity contribution in [2.45, 2.75) is 44.7 Å². The first kappa shape index (κ1) is 29.3. The third-order valence-electron chi connectivity index (χ3n) is 6.02. The molecule has 38 heavy (non-hydrogen) atoms. The normalized spacial score (nSPS) is 12.0. The van der Waals surface area contributed by atoms with E-state index in [4.69, 9.17) is 0 Å². The Morgan fingerprint density at radius 2 is 1.63 bits per heavy atom. The molecular weight excluding hydrogens is 573 g/mol. The molecule has 3 aromatic rings. The first-order chi connectivity index (χ1) is 18.0. The maximum absolute atomic E-state index is 14.5. The summed E-state index contributed by atoms with van der Waals surface area (Å²) in [5.74, 6) is -1.58. The number of carbonyl (C=O) groups excluding carboxylic acids is 2. The van der Waals surface area contributed by atoms with E-state index in [-0.39, 0.29) is 22.7 Å². The standard InChI is InChI=1S/C28H31BrFN3O4S/c1-4-17-31-28(35)21(3)32(18-22-7-5-6-8-26(22)30)27(34)19-33(24-13-11-23(29)12-14-24)38(36,37)25-15-9-20(2)10-16-25/h5-16,21H,4,17-19H2,1-3H3,(H,31,35). The maximum atomic E-state index is 14.5. The number of nitrogens with one attached hydrogen (secondary N) is 1. The van der Waals surface area contributed by atoms with E-state index in [0.717, 1.165) is 14.3 Å². The summed E-state index contributed by atoms with van der Waals surface area (Å²) in [5.41, 5.74) is 1.38. The van der Waals surface area contributed by atoms with Crippen LogP contribution in [0.2, 0.25) is 0 Å². The van der Waals surface area contributed by atoms with Crippen molar-refractivity contribution in [1.82, 2.24) is 10.2 Å². The van der Waals surface area contributed by atoms with Crippen LogP contribution in [0.25, 0.3) is 0 Å². The van der Waals surface area contributed by atoms with Gasteiger partial charge in [-0.2, -0.15) is 0 Å². The molecule has 10 heteroatoms. The van der Waals surface area contributed by atoms with Crippen LogP contribution in [0.4, 0.5) is 10.1 Å². The van der Waals surface area contributed by atoms with Crippen LogP contribution in [0.3, 0.4) is 0 Å². The largest absolute Gasteiger partial charge is 0.354 e. The van der Waals surface area contributed by atoms with E-state index in [1.54, 1.807) is 49.4 Å². The minimum absolute atomic E-state index is 0.0215. The number of rotatable bonds is 11. The molecule has 0 fully saturated rings. The summed E-state index contributed by atoms with van der Waals surface area (Å²) in [6.45, 7) is 4.92. The summed E-state index contributed by atoms with van der Waals surface area (Å²) in [5, 5.41) is 2.76. The van der Waals surface area contributed by atoms with Crippen molar-refractivity contribution >= 4 is 43.5 Å². The first-order valence-corrected chi connectivity index (χ1v) is 14.4. The molecule has 2 amide bonds. The minimum Gasteiger partial charge on any atom is -0.354 e. The highest BCUT2D eigenvalue weighted by Gasteiger charge is 2.32. The Balaban J connectivity index is 2.02. The third-order valence-corrected chi connectivity index (χ3v) is 8.33. The quantitative estimate of drug-likeness (QED) is 0.333. The highest BCUT2D eigenvalue weighted by Crippen LogP contribution is 2.26. The van der Waals surface area contributed by atoms with E-state index in [0.29, 0.717) is 13.0 Å². The number of aryl methyl sites for hydroxylation is 1. The van der Waals surface area contributed by atoms with Crippen molar-refractivity contribution in [2.24, 2.45) is 0 Å². The van der Waals surface area contributed by atoms with Crippen molar-refractivity contribution in [3.8, 4) is 0 Å². The van der Waals surface area contributed by atoms with Gasteiger partial charge in [0.15, 0.2) is 0 Å². The molecule has 0 heterocycles. The van der Waals surface area contributed by atoms with Crippen molar-refractivity contribution in [1.29, 1.82) is 0 Å². The Kier molecular flexibility index (Phi) is 10.0. The summed E-state index contributed by atoms with van der Waals surface area (Å²) in [6, 6.07) is 17.9. The highest BCUT2D eigenvalue weighted by molar-refractivity contribution is 9.10. The number of benzene rings is 3. The van der Waals surface area contributed by atoms with Gasteiger partial charge in [-0.1, -0.05) is 58.7 Å². The lowest BCUT2D eigenvalue weighted by atomic mass is 10.1. The lowest BCUT2D eigenvalue weighted by molar-refractivity contribution is -0.139. The lowest BCUT2D eigenvalue weighted by Crippen LogP contribution is -2.51. The van der Waals surface area contributed by atoms with E-state index in [9.17, 15) is 22.4 Å². The van der Waals surface area contributed by atoms with E-state index in [1.165, 1.54) is 35.2 Å². The van der Waals surface area contributed by atoms with Crippen molar-refractivity contribution < 1.29 is 22.4 Å². The molecule has 1 atom stereocenters. The van der Waals surface area contributed by atoms with Gasteiger partial charge in [-0.15, -0.1) is 0 Å². The van der Waals surface area contributed by atoms with Crippen molar-refractivity contribution in [3.05, 3.63) is 94.2 Å². The fraction of sp³-hybridized carbons (Fsp3) is 0.286. The zero-order valence-electron chi connectivity index (χ0n) is 21.5. The summed E-state index contributed by atoms with van der Waals surface area (Å²) in [4.78, 5) is 27.8. The van der Waals surface area contributed by atoms with Crippen LogP contribution in [0, 0.1) is 12.7 Å². The van der Waals surface area contributed by atoms with Crippen LogP contribution in [-0.2, 0) is 26.2 Å². The molecule has 1 N–H and O–H groups in total. The number of hydrogen-bond acceptors (Lipinski definition) is 4. The molecule has 0 saturated heterocycles. The third kappa shape index (κ3) is 7.20. The number of anilines is 1. The van der Waals surface area contributed by atoms with Crippen LogP contribution in [0.1, 0.15) is 31.4 Å². The van der Waals surface area contributed by atoms with Crippen LogP contribution in [0.5, 0.6) is 0 Å². The molecule has 7 nitrogen and oxygen atoms in total. The molecule has 3 rings (SSSR count). The Bertz CT molecular complexity index is 1370. The fourth-order valence-electron chi connectivity index (χ4n) is 3.76. The van der Waals surface area contributed by atoms with Gasteiger partial charge >= 0.3 is 0 Å². The van der Waals surface area contributed by atoms with Gasteiger partial charge in [-0.3, -0.25) is 13.9 Å². The van der Waals surface area contributed by atoms with Gasteiger partial charge in [0, 0.05) is 23.1 Å². The maximum Gasteiger partial charge on any atom is 0.264 e. The molecule has 0 aliphatic carbocycles. The van der Waals surface area contributed by atoms with Gasteiger partial charge in [0.1, 0.15) is 18.4 Å². The average Bonchev–Trinajstić information content (AvgIpc) is 2.90. The number of hydrogen-bond donors (Lipinski definition) is 1. The molecular formula is C28H31BrFN3O4S. The van der Waals surface area contributed by atoms with Crippen LogP contribution < -0.4 is 9.62 Å². The summed E-state index contributed by atoms with van der Waals surface area (Å²) < 4.78 is 43.8. The molecule has 0 bridgehead atoms. The molecule has 202 valence electrons. The predicted octanol–water partition coefficient (Wildman–Crippen LogP) is 5.04. The second-order valence-electron chi connectivity index (χ2n) is 8.88. The highest BCUT2D eigenvalue weighted by atomic mass is 79.9.